The molecule has 104 valence electrons. The number of halogens is 2. The Balaban J connectivity index is 2.10. The van der Waals surface area contributed by atoms with Crippen LogP contribution in [-0.4, -0.2) is 11.1 Å². The summed E-state index contributed by atoms with van der Waals surface area (Å²) in [6.07, 6.45) is -0.0738. The topological polar surface area (TPSA) is 49.3 Å². The Kier molecular flexibility index (Phi) is 4.30. The number of anilines is 1. The summed E-state index contributed by atoms with van der Waals surface area (Å²) in [5.74, 6) is -2.74. The molecular weight excluding hydrogens is 264 g/mol. The molecule has 0 aliphatic carbocycles. The first-order chi connectivity index (χ1) is 9.56. The number of aliphatic carboxylic acids is 1. The molecule has 0 aromatic heterocycles. The predicted molar refractivity (Wildman–Crippen MR) is 71.5 cm³/mol. The Hall–Kier alpha value is -2.43. The molecule has 0 fully saturated rings. The van der Waals surface area contributed by atoms with E-state index >= 15 is 0 Å². The summed E-state index contributed by atoms with van der Waals surface area (Å²) in [6, 6.07) is 10.6. The molecule has 0 radical (unpaired) electrons. The van der Waals surface area contributed by atoms with Gasteiger partial charge in [-0.1, -0.05) is 24.3 Å². The molecule has 0 spiro atoms. The van der Waals surface area contributed by atoms with Crippen LogP contribution in [-0.2, 0) is 17.8 Å². The highest BCUT2D eigenvalue weighted by molar-refractivity contribution is 5.70. The number of hydrogen-bond acceptors (Lipinski definition) is 2. The minimum Gasteiger partial charge on any atom is -0.481 e. The first-order valence-corrected chi connectivity index (χ1v) is 6.04. The molecule has 20 heavy (non-hydrogen) atoms. The number of nitrogens with one attached hydrogen (secondary N) is 1. The second-order valence-electron chi connectivity index (χ2n) is 4.32. The molecule has 2 aromatic carbocycles. The van der Waals surface area contributed by atoms with Gasteiger partial charge >= 0.3 is 5.97 Å². The zero-order valence-electron chi connectivity index (χ0n) is 10.6. The van der Waals surface area contributed by atoms with Crippen molar-refractivity contribution in [3.63, 3.8) is 0 Å². The van der Waals surface area contributed by atoms with E-state index in [0.717, 1.165) is 17.7 Å². The third kappa shape index (κ3) is 3.54. The van der Waals surface area contributed by atoms with Crippen molar-refractivity contribution in [3.8, 4) is 0 Å². The first kappa shape index (κ1) is 14.0. The van der Waals surface area contributed by atoms with Crippen LogP contribution >= 0.6 is 0 Å². The van der Waals surface area contributed by atoms with Gasteiger partial charge in [0.05, 0.1) is 6.42 Å². The van der Waals surface area contributed by atoms with Gasteiger partial charge in [0, 0.05) is 18.3 Å². The predicted octanol–water partition coefficient (Wildman–Crippen LogP) is 3.20. The summed E-state index contributed by atoms with van der Waals surface area (Å²) in [5, 5.41) is 11.8. The van der Waals surface area contributed by atoms with Gasteiger partial charge < -0.3 is 10.4 Å². The molecule has 2 N–H and O–H groups in total. The van der Waals surface area contributed by atoms with Crippen LogP contribution in [0.25, 0.3) is 0 Å². The molecule has 2 aromatic rings. The van der Waals surface area contributed by atoms with Gasteiger partial charge in [-0.2, -0.15) is 0 Å². The van der Waals surface area contributed by atoms with Gasteiger partial charge in [0.2, 0.25) is 0 Å². The zero-order chi connectivity index (χ0) is 14.5. The van der Waals surface area contributed by atoms with Gasteiger partial charge in [0.25, 0.3) is 0 Å². The Bertz CT molecular complexity index is 629. The summed E-state index contributed by atoms with van der Waals surface area (Å²) in [4.78, 5) is 10.8. The van der Waals surface area contributed by atoms with E-state index in [1.165, 1.54) is 6.07 Å². The van der Waals surface area contributed by atoms with Crippen molar-refractivity contribution in [3.05, 3.63) is 65.2 Å². The summed E-state index contributed by atoms with van der Waals surface area (Å²) < 4.78 is 25.9. The molecule has 0 amide bonds. The van der Waals surface area contributed by atoms with E-state index in [1.54, 1.807) is 24.3 Å². The van der Waals surface area contributed by atoms with Crippen LogP contribution in [0.15, 0.2) is 42.5 Å². The van der Waals surface area contributed by atoms with E-state index in [4.69, 9.17) is 5.11 Å². The number of carbonyl (C=O) groups is 1. The Morgan fingerprint density at radius 1 is 1.05 bits per heavy atom. The number of rotatable bonds is 5. The summed E-state index contributed by atoms with van der Waals surface area (Å²) in [6.45, 7) is 0.342. The average Bonchev–Trinajstić information content (AvgIpc) is 2.41. The van der Waals surface area contributed by atoms with E-state index < -0.39 is 17.6 Å². The molecule has 0 saturated carbocycles. The quantitative estimate of drug-likeness (QED) is 0.882. The van der Waals surface area contributed by atoms with E-state index in [1.807, 2.05) is 0 Å². The van der Waals surface area contributed by atoms with Crippen LogP contribution in [0.2, 0.25) is 0 Å². The van der Waals surface area contributed by atoms with Gasteiger partial charge in [-0.05, 0) is 23.3 Å². The van der Waals surface area contributed by atoms with Crippen molar-refractivity contribution in [1.82, 2.24) is 0 Å². The number of carboxylic acids is 1. The standard InChI is InChI=1S/C15H13F2NO2/c16-13-6-5-12(8-14(13)17)18-9-11-4-2-1-3-10(11)7-15(19)20/h1-6,8,18H,7,9H2,(H,19,20). The fourth-order valence-corrected chi connectivity index (χ4v) is 1.87. The van der Waals surface area contributed by atoms with Crippen LogP contribution in [0.5, 0.6) is 0 Å². The number of carboxylic acid groups (broad SMARTS) is 1. The lowest BCUT2D eigenvalue weighted by Gasteiger charge is -2.10. The minimum absolute atomic E-state index is 0.0738. The van der Waals surface area contributed by atoms with E-state index in [0.29, 0.717) is 17.8 Å². The lowest BCUT2D eigenvalue weighted by atomic mass is 10.0. The summed E-state index contributed by atoms with van der Waals surface area (Å²) in [5.41, 5.74) is 1.93. The maximum absolute atomic E-state index is 13.1. The smallest absolute Gasteiger partial charge is 0.307 e. The number of benzene rings is 2. The second-order valence-corrected chi connectivity index (χ2v) is 4.32. The van der Waals surface area contributed by atoms with Gasteiger partial charge in [-0.15, -0.1) is 0 Å². The van der Waals surface area contributed by atoms with E-state index in [9.17, 15) is 13.6 Å². The SMILES string of the molecule is O=C(O)Cc1ccccc1CNc1ccc(F)c(F)c1. The van der Waals surface area contributed by atoms with Crippen molar-refractivity contribution in [2.75, 3.05) is 5.32 Å². The van der Waals surface area contributed by atoms with Crippen molar-refractivity contribution in [2.45, 2.75) is 13.0 Å². The molecule has 3 nitrogen and oxygen atoms in total. The van der Waals surface area contributed by atoms with Crippen LogP contribution in [0.4, 0.5) is 14.5 Å². The monoisotopic (exact) mass is 277 g/mol. The Labute approximate surface area is 114 Å². The fraction of sp³-hybridized carbons (Fsp3) is 0.133. The highest BCUT2D eigenvalue weighted by Gasteiger charge is 2.07. The zero-order valence-corrected chi connectivity index (χ0v) is 10.6. The highest BCUT2D eigenvalue weighted by atomic mass is 19.2. The third-order valence-corrected chi connectivity index (χ3v) is 2.86. The number of hydrogen-bond donors (Lipinski definition) is 2. The van der Waals surface area contributed by atoms with E-state index in [-0.39, 0.29) is 6.42 Å². The molecule has 0 aliphatic heterocycles. The van der Waals surface area contributed by atoms with E-state index in [2.05, 4.69) is 5.32 Å². The van der Waals surface area contributed by atoms with Crippen molar-refractivity contribution >= 4 is 11.7 Å². The van der Waals surface area contributed by atoms with Crippen molar-refractivity contribution in [1.29, 1.82) is 0 Å². The van der Waals surface area contributed by atoms with Gasteiger partial charge in [-0.25, -0.2) is 8.78 Å². The van der Waals surface area contributed by atoms with Gasteiger partial charge in [-0.3, -0.25) is 4.79 Å². The Morgan fingerprint density at radius 2 is 1.75 bits per heavy atom. The molecule has 5 heteroatoms. The lowest BCUT2D eigenvalue weighted by molar-refractivity contribution is -0.136. The lowest BCUT2D eigenvalue weighted by Crippen LogP contribution is -2.07. The largest absolute Gasteiger partial charge is 0.481 e. The van der Waals surface area contributed by atoms with Gasteiger partial charge in [0.15, 0.2) is 11.6 Å². The molecule has 0 atom stereocenters. The molecule has 2 rings (SSSR count). The molecule has 0 heterocycles. The Morgan fingerprint density at radius 3 is 2.40 bits per heavy atom. The first-order valence-electron chi connectivity index (χ1n) is 6.04. The van der Waals surface area contributed by atoms with Crippen LogP contribution in [0.3, 0.4) is 0 Å². The fourth-order valence-electron chi connectivity index (χ4n) is 1.87. The molecule has 0 unspecified atom stereocenters. The summed E-state index contributed by atoms with van der Waals surface area (Å²) >= 11 is 0. The minimum atomic E-state index is -0.922. The maximum atomic E-state index is 13.1. The normalized spacial score (nSPS) is 10.3. The van der Waals surface area contributed by atoms with Crippen molar-refractivity contribution in [2.24, 2.45) is 0 Å². The molecular formula is C15H13F2NO2. The third-order valence-electron chi connectivity index (χ3n) is 2.86. The van der Waals surface area contributed by atoms with Gasteiger partial charge in [0.1, 0.15) is 0 Å². The van der Waals surface area contributed by atoms with Crippen molar-refractivity contribution < 1.29 is 18.7 Å². The second kappa shape index (κ2) is 6.14. The van der Waals surface area contributed by atoms with Crippen LogP contribution in [0.1, 0.15) is 11.1 Å². The van der Waals surface area contributed by atoms with Crippen LogP contribution in [0, 0.1) is 11.6 Å². The molecule has 0 aliphatic rings. The summed E-state index contributed by atoms with van der Waals surface area (Å²) in [7, 11) is 0. The molecule has 0 bridgehead atoms. The molecule has 0 saturated heterocycles. The van der Waals surface area contributed by atoms with Crippen LogP contribution < -0.4 is 5.32 Å². The highest BCUT2D eigenvalue weighted by Crippen LogP contribution is 2.16. The average molecular weight is 277 g/mol. The maximum Gasteiger partial charge on any atom is 0.307 e.